The zero-order valence-corrected chi connectivity index (χ0v) is 6.05. The molecule has 0 spiro atoms. The Morgan fingerprint density at radius 1 is 1.75 bits per heavy atom. The summed E-state index contributed by atoms with van der Waals surface area (Å²) >= 11 is 4.82. The number of rotatable bonds is 3. The number of hydrogen-bond donors (Lipinski definition) is 1. The quantitative estimate of drug-likeness (QED) is 0.569. The monoisotopic (exact) mass is 133 g/mol. The van der Waals surface area contributed by atoms with E-state index in [4.69, 9.17) is 17.0 Å². The fourth-order valence-electron chi connectivity index (χ4n) is 0.379. The molecule has 0 atom stereocenters. The largest absolute Gasteiger partial charge is 0.378 e. The molecule has 0 aromatic heterocycles. The fraction of sp³-hybridized carbons (Fsp3) is 0.800. The lowest BCUT2D eigenvalue weighted by molar-refractivity contribution is 0.244. The highest BCUT2D eigenvalue weighted by Crippen LogP contribution is 1.71. The molecule has 0 saturated carbocycles. The van der Waals surface area contributed by atoms with Crippen molar-refractivity contribution in [2.24, 2.45) is 0 Å². The summed E-state index contributed by atoms with van der Waals surface area (Å²) in [5.41, 5.74) is 0. The van der Waals surface area contributed by atoms with E-state index in [1.165, 1.54) is 0 Å². The Labute approximate surface area is 55.2 Å². The summed E-state index contributed by atoms with van der Waals surface area (Å²) in [6.07, 6.45) is 0. The molecular weight excluding hydrogens is 122 g/mol. The highest BCUT2D eigenvalue weighted by Gasteiger charge is 1.87. The van der Waals surface area contributed by atoms with Crippen molar-refractivity contribution in [1.29, 1.82) is 0 Å². The minimum absolute atomic E-state index is 0.531. The normalized spacial score (nSPS) is 8.75. The number of methoxy groups -OCH3 is 1. The van der Waals surface area contributed by atoms with E-state index in [1.807, 2.05) is 6.92 Å². The van der Waals surface area contributed by atoms with Gasteiger partial charge in [-0.25, -0.2) is 0 Å². The summed E-state index contributed by atoms with van der Waals surface area (Å²) < 4.78 is 4.75. The van der Waals surface area contributed by atoms with Gasteiger partial charge in [-0.3, -0.25) is 0 Å². The predicted octanol–water partition coefficient (Wildman–Crippen LogP) is 0.570. The summed E-state index contributed by atoms with van der Waals surface area (Å²) in [7, 11) is 1.63. The van der Waals surface area contributed by atoms with Crippen LogP contribution in [0.5, 0.6) is 0 Å². The van der Waals surface area contributed by atoms with Gasteiger partial charge >= 0.3 is 0 Å². The fourth-order valence-corrected chi connectivity index (χ4v) is 0.641. The third-order valence-electron chi connectivity index (χ3n) is 0.649. The van der Waals surface area contributed by atoms with Gasteiger partial charge in [0, 0.05) is 13.7 Å². The van der Waals surface area contributed by atoms with E-state index in [-0.39, 0.29) is 0 Å². The van der Waals surface area contributed by atoms with Gasteiger partial charge in [0.05, 0.1) is 6.61 Å². The van der Waals surface area contributed by atoms with Gasteiger partial charge in [-0.2, -0.15) is 0 Å². The molecule has 0 unspecified atom stereocenters. The van der Waals surface area contributed by atoms with Crippen LogP contribution in [0.2, 0.25) is 0 Å². The topological polar surface area (TPSA) is 21.3 Å². The molecule has 0 aliphatic heterocycles. The van der Waals surface area contributed by atoms with Crippen LogP contribution in [0, 0.1) is 0 Å². The standard InChI is InChI=1S/C5H11NOS/c1-3-6-5(8)4-7-2/h3-4H2,1-2H3,(H,6,8). The first-order valence-corrected chi connectivity index (χ1v) is 2.97. The molecule has 0 radical (unpaired) electrons. The molecule has 0 fully saturated rings. The van der Waals surface area contributed by atoms with Crippen molar-refractivity contribution in [2.75, 3.05) is 20.3 Å². The maximum atomic E-state index is 4.82. The van der Waals surface area contributed by atoms with E-state index in [0.717, 1.165) is 11.5 Å². The predicted molar refractivity (Wildman–Crippen MR) is 38.2 cm³/mol. The third kappa shape index (κ3) is 4.02. The maximum absolute atomic E-state index is 4.82. The molecule has 0 rings (SSSR count). The van der Waals surface area contributed by atoms with Crippen LogP contribution in [0.15, 0.2) is 0 Å². The molecule has 48 valence electrons. The van der Waals surface area contributed by atoms with Gasteiger partial charge in [0.15, 0.2) is 0 Å². The van der Waals surface area contributed by atoms with Crippen LogP contribution in [0.4, 0.5) is 0 Å². The van der Waals surface area contributed by atoms with Crippen LogP contribution in [0.25, 0.3) is 0 Å². The van der Waals surface area contributed by atoms with Gasteiger partial charge in [-0.1, -0.05) is 12.2 Å². The third-order valence-corrected chi connectivity index (χ3v) is 0.912. The molecule has 0 amide bonds. The smallest absolute Gasteiger partial charge is 0.101 e. The van der Waals surface area contributed by atoms with E-state index in [2.05, 4.69) is 5.32 Å². The highest BCUT2D eigenvalue weighted by atomic mass is 32.1. The zero-order chi connectivity index (χ0) is 6.41. The number of thiocarbonyl (C=S) groups is 1. The van der Waals surface area contributed by atoms with Gasteiger partial charge in [-0.05, 0) is 6.92 Å². The lowest BCUT2D eigenvalue weighted by Crippen LogP contribution is -2.24. The highest BCUT2D eigenvalue weighted by molar-refractivity contribution is 7.80. The van der Waals surface area contributed by atoms with Gasteiger partial charge in [0.1, 0.15) is 4.99 Å². The van der Waals surface area contributed by atoms with Crippen LogP contribution < -0.4 is 5.32 Å². The number of likely N-dealkylation sites (N-methyl/N-ethyl adjacent to an activating group) is 1. The van der Waals surface area contributed by atoms with Gasteiger partial charge in [0.25, 0.3) is 0 Å². The molecule has 3 heteroatoms. The lowest BCUT2D eigenvalue weighted by Gasteiger charge is -2.01. The van der Waals surface area contributed by atoms with Crippen LogP contribution in [0.3, 0.4) is 0 Å². The van der Waals surface area contributed by atoms with Crippen LogP contribution in [0.1, 0.15) is 6.92 Å². The first-order chi connectivity index (χ1) is 3.81. The molecule has 0 aliphatic rings. The second-order valence-corrected chi connectivity index (χ2v) is 1.88. The number of hydrogen-bond acceptors (Lipinski definition) is 2. The second-order valence-electron chi connectivity index (χ2n) is 1.39. The van der Waals surface area contributed by atoms with Crippen molar-refractivity contribution >= 4 is 17.2 Å². The Bertz CT molecular complexity index is 66.8. The minimum atomic E-state index is 0.531. The Morgan fingerprint density at radius 3 is 2.75 bits per heavy atom. The van der Waals surface area contributed by atoms with Crippen molar-refractivity contribution in [3.05, 3.63) is 0 Å². The Kier molecular flexibility index (Phi) is 4.90. The summed E-state index contributed by atoms with van der Waals surface area (Å²) in [5.74, 6) is 0. The van der Waals surface area contributed by atoms with Gasteiger partial charge in [-0.15, -0.1) is 0 Å². The van der Waals surface area contributed by atoms with Crippen molar-refractivity contribution in [1.82, 2.24) is 5.32 Å². The Hall–Kier alpha value is -0.150. The zero-order valence-electron chi connectivity index (χ0n) is 5.23. The minimum Gasteiger partial charge on any atom is -0.378 e. The van der Waals surface area contributed by atoms with Crippen molar-refractivity contribution < 1.29 is 4.74 Å². The molecule has 0 aromatic rings. The average molecular weight is 133 g/mol. The molecule has 0 aromatic carbocycles. The average Bonchev–Trinajstić information content (AvgIpc) is 1.68. The molecule has 0 bridgehead atoms. The Morgan fingerprint density at radius 2 is 2.38 bits per heavy atom. The second kappa shape index (κ2) is 5.00. The van der Waals surface area contributed by atoms with E-state index >= 15 is 0 Å². The van der Waals surface area contributed by atoms with Crippen molar-refractivity contribution in [3.8, 4) is 0 Å². The van der Waals surface area contributed by atoms with E-state index < -0.39 is 0 Å². The van der Waals surface area contributed by atoms with Crippen LogP contribution in [-0.4, -0.2) is 25.2 Å². The van der Waals surface area contributed by atoms with Crippen molar-refractivity contribution in [2.45, 2.75) is 6.92 Å². The molecular formula is C5H11NOS. The molecule has 0 aliphatic carbocycles. The van der Waals surface area contributed by atoms with Crippen molar-refractivity contribution in [3.63, 3.8) is 0 Å². The first-order valence-electron chi connectivity index (χ1n) is 2.57. The summed E-state index contributed by atoms with van der Waals surface area (Å²) in [6, 6.07) is 0. The number of ether oxygens (including phenoxy) is 1. The van der Waals surface area contributed by atoms with E-state index in [9.17, 15) is 0 Å². The first kappa shape index (κ1) is 7.85. The summed E-state index contributed by atoms with van der Waals surface area (Å²) in [4.78, 5) is 0.773. The Balaban J connectivity index is 3.06. The lowest BCUT2D eigenvalue weighted by atomic mass is 10.6. The van der Waals surface area contributed by atoms with Gasteiger partial charge in [0.2, 0.25) is 0 Å². The van der Waals surface area contributed by atoms with Crippen LogP contribution >= 0.6 is 12.2 Å². The van der Waals surface area contributed by atoms with Gasteiger partial charge < -0.3 is 10.1 Å². The molecule has 8 heavy (non-hydrogen) atoms. The molecule has 0 saturated heterocycles. The summed E-state index contributed by atoms with van der Waals surface area (Å²) in [5, 5.41) is 2.95. The molecule has 1 N–H and O–H groups in total. The molecule has 2 nitrogen and oxygen atoms in total. The van der Waals surface area contributed by atoms with Crippen LogP contribution in [-0.2, 0) is 4.74 Å². The summed E-state index contributed by atoms with van der Waals surface area (Å²) in [6.45, 7) is 3.41. The van der Waals surface area contributed by atoms with E-state index in [0.29, 0.717) is 6.61 Å². The van der Waals surface area contributed by atoms with E-state index in [1.54, 1.807) is 7.11 Å². The SMILES string of the molecule is CCNC(=S)COC. The molecule has 0 heterocycles. The maximum Gasteiger partial charge on any atom is 0.101 e. The number of nitrogens with one attached hydrogen (secondary N) is 1.